The molecule has 1 N–H and O–H groups in total. The molecule has 3 rings (SSSR count). The number of carbonyl (C=O) groups is 2. The fourth-order valence-corrected chi connectivity index (χ4v) is 4.85. The second-order valence-corrected chi connectivity index (χ2v) is 9.81. The minimum atomic E-state index is -0.206. The molecule has 0 spiro atoms. The molecule has 0 aliphatic carbocycles. The molecule has 32 heavy (non-hydrogen) atoms. The van der Waals surface area contributed by atoms with Gasteiger partial charge in [-0.05, 0) is 67.8 Å². The molecular formula is C25H35N3O3S. The first-order valence-corrected chi connectivity index (χ1v) is 12.3. The largest absolute Gasteiger partial charge is 0.491 e. The van der Waals surface area contributed by atoms with E-state index < -0.39 is 0 Å². The summed E-state index contributed by atoms with van der Waals surface area (Å²) in [5.74, 6) is 1.22. The Morgan fingerprint density at radius 1 is 1.19 bits per heavy atom. The second kappa shape index (κ2) is 10.9. The third-order valence-electron chi connectivity index (χ3n) is 5.78. The lowest BCUT2D eigenvalue weighted by Gasteiger charge is -2.37. The summed E-state index contributed by atoms with van der Waals surface area (Å²) in [6.07, 6.45) is 0.836. The average Bonchev–Trinajstić information content (AvgIpc) is 3.24. The first kappa shape index (κ1) is 24.1. The molecule has 0 bridgehead atoms. The van der Waals surface area contributed by atoms with Gasteiger partial charge < -0.3 is 19.9 Å². The van der Waals surface area contributed by atoms with E-state index in [0.29, 0.717) is 25.6 Å². The lowest BCUT2D eigenvalue weighted by molar-refractivity contribution is -0.135. The van der Waals surface area contributed by atoms with Crippen molar-refractivity contribution in [2.75, 3.05) is 26.2 Å². The number of ether oxygens (including phenoxy) is 1. The number of amides is 3. The third-order valence-corrected chi connectivity index (χ3v) is 6.77. The predicted octanol–water partition coefficient (Wildman–Crippen LogP) is 4.82. The lowest BCUT2D eigenvalue weighted by Crippen LogP contribution is -2.50. The number of benzene rings is 1. The Hall–Kier alpha value is -2.54. The summed E-state index contributed by atoms with van der Waals surface area (Å²) in [5.41, 5.74) is 2.43. The molecule has 0 radical (unpaired) electrons. The first-order chi connectivity index (χ1) is 15.3. The van der Waals surface area contributed by atoms with Crippen molar-refractivity contribution in [1.29, 1.82) is 0 Å². The highest BCUT2D eigenvalue weighted by atomic mass is 32.1. The number of thiophene rings is 1. The normalized spacial score (nSPS) is 15.6. The Balaban J connectivity index is 1.72. The highest BCUT2D eigenvalue weighted by molar-refractivity contribution is 7.10. The van der Waals surface area contributed by atoms with Gasteiger partial charge in [-0.25, -0.2) is 4.79 Å². The molecule has 0 fully saturated rings. The summed E-state index contributed by atoms with van der Waals surface area (Å²) in [6, 6.07) is 9.92. The summed E-state index contributed by atoms with van der Waals surface area (Å²) in [6.45, 7) is 11.6. The van der Waals surface area contributed by atoms with Crippen molar-refractivity contribution < 1.29 is 14.3 Å². The fourth-order valence-electron chi connectivity index (χ4n) is 3.92. The minimum Gasteiger partial charge on any atom is -0.491 e. The molecule has 2 heterocycles. The zero-order valence-electron chi connectivity index (χ0n) is 19.8. The van der Waals surface area contributed by atoms with E-state index in [9.17, 15) is 9.59 Å². The summed E-state index contributed by atoms with van der Waals surface area (Å²) in [7, 11) is 0. The van der Waals surface area contributed by atoms with Crippen LogP contribution in [0.5, 0.6) is 5.75 Å². The summed E-state index contributed by atoms with van der Waals surface area (Å²) < 4.78 is 6.14. The van der Waals surface area contributed by atoms with Crippen LogP contribution in [0.2, 0.25) is 0 Å². The Labute approximate surface area is 195 Å². The molecule has 1 aromatic heterocycles. The maximum Gasteiger partial charge on any atom is 0.318 e. The highest BCUT2D eigenvalue weighted by Crippen LogP contribution is 2.34. The van der Waals surface area contributed by atoms with Crippen LogP contribution < -0.4 is 10.1 Å². The monoisotopic (exact) mass is 457 g/mol. The third kappa shape index (κ3) is 5.82. The van der Waals surface area contributed by atoms with Crippen molar-refractivity contribution in [3.05, 3.63) is 51.7 Å². The number of nitrogens with zero attached hydrogens (tertiary/aromatic N) is 2. The molecule has 1 aliphatic heterocycles. The molecule has 1 aliphatic rings. The smallest absolute Gasteiger partial charge is 0.318 e. The number of carbonyl (C=O) groups excluding carboxylic acids is 2. The van der Waals surface area contributed by atoms with Crippen molar-refractivity contribution in [2.24, 2.45) is 0 Å². The number of fused-ring (bicyclic) bond motifs is 1. The van der Waals surface area contributed by atoms with Gasteiger partial charge in [0.15, 0.2) is 0 Å². The molecular weight excluding hydrogens is 422 g/mol. The van der Waals surface area contributed by atoms with Crippen molar-refractivity contribution in [1.82, 2.24) is 15.1 Å². The van der Waals surface area contributed by atoms with Crippen LogP contribution >= 0.6 is 11.3 Å². The molecule has 6 nitrogen and oxygen atoms in total. The molecule has 174 valence electrons. The van der Waals surface area contributed by atoms with Gasteiger partial charge in [-0.2, -0.15) is 0 Å². The van der Waals surface area contributed by atoms with Gasteiger partial charge in [-0.15, -0.1) is 11.3 Å². The Bertz CT molecular complexity index is 907. The van der Waals surface area contributed by atoms with E-state index in [1.54, 1.807) is 16.2 Å². The maximum absolute atomic E-state index is 13.3. The van der Waals surface area contributed by atoms with Crippen LogP contribution in [0.1, 0.15) is 62.6 Å². The van der Waals surface area contributed by atoms with Crippen LogP contribution in [-0.4, -0.2) is 54.0 Å². The molecule has 2 aromatic rings. The summed E-state index contributed by atoms with van der Waals surface area (Å²) in [4.78, 5) is 30.5. The molecule has 7 heteroatoms. The van der Waals surface area contributed by atoms with Crippen LogP contribution in [0.4, 0.5) is 4.79 Å². The summed E-state index contributed by atoms with van der Waals surface area (Å²) in [5, 5.41) is 4.96. The van der Waals surface area contributed by atoms with Gasteiger partial charge >= 0.3 is 6.03 Å². The Kier molecular flexibility index (Phi) is 8.18. The van der Waals surface area contributed by atoms with E-state index in [1.165, 1.54) is 10.4 Å². The zero-order chi connectivity index (χ0) is 23.3. The average molecular weight is 458 g/mol. The number of hydrogen-bond acceptors (Lipinski definition) is 4. The molecule has 0 saturated heterocycles. The van der Waals surface area contributed by atoms with Gasteiger partial charge in [-0.1, -0.05) is 26.0 Å². The van der Waals surface area contributed by atoms with E-state index >= 15 is 0 Å². The SMILES string of the molecule is CCN(CC(=O)N1CCc2sccc2[C@@H]1COc1ccc(C(C)C)cc1)C(=O)NC(C)C. The number of nitrogens with one attached hydrogen (secondary N) is 1. The molecule has 0 unspecified atom stereocenters. The Morgan fingerprint density at radius 2 is 1.91 bits per heavy atom. The van der Waals surface area contributed by atoms with Gasteiger partial charge in [0.2, 0.25) is 5.91 Å². The molecule has 1 aromatic carbocycles. The van der Waals surface area contributed by atoms with Gasteiger partial charge in [0.05, 0.1) is 6.04 Å². The summed E-state index contributed by atoms with van der Waals surface area (Å²) >= 11 is 1.73. The van der Waals surface area contributed by atoms with Gasteiger partial charge in [0.25, 0.3) is 0 Å². The maximum atomic E-state index is 13.3. The second-order valence-electron chi connectivity index (χ2n) is 8.81. The molecule has 0 saturated carbocycles. The van der Waals surface area contributed by atoms with Crippen LogP contribution in [-0.2, 0) is 11.2 Å². The van der Waals surface area contributed by atoms with E-state index in [1.807, 2.05) is 37.8 Å². The number of urea groups is 1. The van der Waals surface area contributed by atoms with Crippen LogP contribution in [0.15, 0.2) is 35.7 Å². The van der Waals surface area contributed by atoms with E-state index in [0.717, 1.165) is 17.7 Å². The Morgan fingerprint density at radius 3 is 2.53 bits per heavy atom. The van der Waals surface area contributed by atoms with Crippen molar-refractivity contribution in [3.63, 3.8) is 0 Å². The van der Waals surface area contributed by atoms with Crippen LogP contribution in [0.3, 0.4) is 0 Å². The number of hydrogen-bond donors (Lipinski definition) is 1. The van der Waals surface area contributed by atoms with Gasteiger partial charge in [0.1, 0.15) is 18.9 Å². The van der Waals surface area contributed by atoms with E-state index in [4.69, 9.17) is 4.74 Å². The zero-order valence-corrected chi connectivity index (χ0v) is 20.6. The van der Waals surface area contributed by atoms with Crippen molar-refractivity contribution in [2.45, 2.75) is 59.0 Å². The standard InChI is InChI=1S/C25H35N3O3S/c1-6-27(25(30)26-18(4)5)15-24(29)28-13-11-23-21(12-14-32-23)22(28)16-31-20-9-7-19(8-10-20)17(2)3/h7-10,12,14,17-18,22H,6,11,13,15-16H2,1-5H3,(H,26,30)/t22-/m0/s1. The first-order valence-electron chi connectivity index (χ1n) is 11.4. The molecule has 1 atom stereocenters. The van der Waals surface area contributed by atoms with Gasteiger partial charge in [-0.3, -0.25) is 4.79 Å². The van der Waals surface area contributed by atoms with E-state index in [2.05, 4.69) is 42.7 Å². The van der Waals surface area contributed by atoms with Crippen LogP contribution in [0, 0.1) is 0 Å². The lowest BCUT2D eigenvalue weighted by atomic mass is 10.00. The van der Waals surface area contributed by atoms with Gasteiger partial charge in [0, 0.05) is 24.0 Å². The van der Waals surface area contributed by atoms with Crippen LogP contribution in [0.25, 0.3) is 0 Å². The minimum absolute atomic E-state index is 0.0261. The predicted molar refractivity (Wildman–Crippen MR) is 129 cm³/mol. The number of likely N-dealkylation sites (N-methyl/N-ethyl adjacent to an activating group) is 1. The fraction of sp³-hybridized carbons (Fsp3) is 0.520. The number of rotatable bonds is 8. The molecule has 3 amide bonds. The quantitative estimate of drug-likeness (QED) is 0.618. The van der Waals surface area contributed by atoms with Crippen molar-refractivity contribution in [3.8, 4) is 5.75 Å². The van der Waals surface area contributed by atoms with E-state index in [-0.39, 0.29) is 30.6 Å². The highest BCUT2D eigenvalue weighted by Gasteiger charge is 2.33. The topological polar surface area (TPSA) is 61.9 Å². The van der Waals surface area contributed by atoms with Crippen molar-refractivity contribution >= 4 is 23.3 Å².